The van der Waals surface area contributed by atoms with Gasteiger partial charge in [0.25, 0.3) is 0 Å². The van der Waals surface area contributed by atoms with Gasteiger partial charge >= 0.3 is 5.97 Å². The van der Waals surface area contributed by atoms with Crippen LogP contribution in [-0.4, -0.2) is 23.0 Å². The summed E-state index contributed by atoms with van der Waals surface area (Å²) in [6, 6.07) is 0.221. The van der Waals surface area contributed by atoms with Gasteiger partial charge in [-0.25, -0.2) is 0 Å². The van der Waals surface area contributed by atoms with Crippen LogP contribution in [0.2, 0.25) is 0 Å². The fraction of sp³-hybridized carbons (Fsp3) is 0.875. The number of hydrogen-bond acceptors (Lipinski definition) is 2. The second-order valence-electron chi connectivity index (χ2n) is 7.80. The van der Waals surface area contributed by atoms with Crippen LogP contribution in [0.25, 0.3) is 0 Å². The zero-order valence-corrected chi connectivity index (χ0v) is 12.6. The number of aliphatic carboxylic acids is 1. The number of rotatable bonds is 3. The van der Waals surface area contributed by atoms with E-state index in [4.69, 9.17) is 5.11 Å². The molecule has 3 aliphatic rings. The van der Waals surface area contributed by atoms with Crippen molar-refractivity contribution < 1.29 is 14.7 Å². The summed E-state index contributed by atoms with van der Waals surface area (Å²) in [6.07, 6.45) is 4.85. The molecule has 0 spiro atoms. The van der Waals surface area contributed by atoms with Crippen molar-refractivity contribution in [1.82, 2.24) is 5.32 Å². The van der Waals surface area contributed by atoms with Crippen molar-refractivity contribution in [2.24, 2.45) is 28.6 Å². The lowest BCUT2D eigenvalue weighted by atomic mass is 9.68. The zero-order chi connectivity index (χ0) is 14.7. The summed E-state index contributed by atoms with van der Waals surface area (Å²) in [4.78, 5) is 23.4. The van der Waals surface area contributed by atoms with E-state index in [1.165, 1.54) is 12.8 Å². The first-order chi connectivity index (χ1) is 9.27. The van der Waals surface area contributed by atoms with Crippen molar-refractivity contribution in [3.05, 3.63) is 0 Å². The molecule has 112 valence electrons. The molecule has 0 aromatic rings. The Kier molecular flexibility index (Phi) is 2.93. The lowest BCUT2D eigenvalue weighted by Gasteiger charge is -2.41. The molecule has 0 aliphatic heterocycles. The molecule has 3 fully saturated rings. The summed E-state index contributed by atoms with van der Waals surface area (Å²) in [7, 11) is 0. The van der Waals surface area contributed by atoms with Gasteiger partial charge < -0.3 is 10.4 Å². The number of amides is 1. The number of nitrogens with one attached hydrogen (secondary N) is 1. The van der Waals surface area contributed by atoms with Gasteiger partial charge in [-0.3, -0.25) is 9.59 Å². The molecule has 5 atom stereocenters. The summed E-state index contributed by atoms with van der Waals surface area (Å²) in [5, 5.41) is 12.3. The number of carbonyl (C=O) groups is 2. The Morgan fingerprint density at radius 3 is 2.15 bits per heavy atom. The minimum atomic E-state index is -0.823. The average Bonchev–Trinajstić information content (AvgIpc) is 2.59. The molecule has 0 radical (unpaired) electrons. The van der Waals surface area contributed by atoms with Gasteiger partial charge in [-0.05, 0) is 48.9 Å². The van der Waals surface area contributed by atoms with Gasteiger partial charge in [-0.1, -0.05) is 20.8 Å². The minimum absolute atomic E-state index is 0.0294. The first-order valence-corrected chi connectivity index (χ1v) is 7.80. The second-order valence-corrected chi connectivity index (χ2v) is 7.80. The monoisotopic (exact) mass is 279 g/mol. The topological polar surface area (TPSA) is 66.4 Å². The Labute approximate surface area is 120 Å². The van der Waals surface area contributed by atoms with Crippen molar-refractivity contribution in [1.29, 1.82) is 0 Å². The standard InChI is InChI=1S/C16H25NO3/c1-15(2)9-6-7-16(15,3)12(8-9)17-13(18)10-4-5-11(10)14(19)20/h9-12H,4-8H2,1-3H3,(H,17,18)(H,19,20). The Morgan fingerprint density at radius 2 is 1.75 bits per heavy atom. The number of hydrogen-bond donors (Lipinski definition) is 2. The Morgan fingerprint density at radius 1 is 1.10 bits per heavy atom. The van der Waals surface area contributed by atoms with Crippen LogP contribution < -0.4 is 5.32 Å². The molecule has 1 amide bonds. The highest BCUT2D eigenvalue weighted by molar-refractivity contribution is 5.86. The lowest BCUT2D eigenvalue weighted by Crippen LogP contribution is -2.52. The van der Waals surface area contributed by atoms with E-state index in [2.05, 4.69) is 26.1 Å². The third-order valence-corrected chi connectivity index (χ3v) is 7.04. The Hall–Kier alpha value is -1.06. The molecule has 20 heavy (non-hydrogen) atoms. The van der Waals surface area contributed by atoms with E-state index in [9.17, 15) is 9.59 Å². The molecule has 2 N–H and O–H groups in total. The number of carboxylic acids is 1. The molecule has 0 aromatic heterocycles. The van der Waals surface area contributed by atoms with Crippen LogP contribution in [0.5, 0.6) is 0 Å². The minimum Gasteiger partial charge on any atom is -0.481 e. The lowest BCUT2D eigenvalue weighted by molar-refractivity contribution is -0.153. The molecule has 5 unspecified atom stereocenters. The van der Waals surface area contributed by atoms with Gasteiger partial charge in [0.15, 0.2) is 0 Å². The van der Waals surface area contributed by atoms with E-state index in [-0.39, 0.29) is 28.7 Å². The van der Waals surface area contributed by atoms with E-state index in [0.29, 0.717) is 12.3 Å². The largest absolute Gasteiger partial charge is 0.481 e. The van der Waals surface area contributed by atoms with Gasteiger partial charge in [0.05, 0.1) is 11.8 Å². The quantitative estimate of drug-likeness (QED) is 0.834. The molecular formula is C16H25NO3. The zero-order valence-electron chi connectivity index (χ0n) is 12.6. The average molecular weight is 279 g/mol. The van der Waals surface area contributed by atoms with Crippen molar-refractivity contribution in [3.8, 4) is 0 Å². The predicted molar refractivity (Wildman–Crippen MR) is 75.0 cm³/mol. The molecule has 3 rings (SSSR count). The van der Waals surface area contributed by atoms with Gasteiger partial charge in [-0.15, -0.1) is 0 Å². The fourth-order valence-corrected chi connectivity index (χ4v) is 4.81. The van der Waals surface area contributed by atoms with Gasteiger partial charge in [0.1, 0.15) is 0 Å². The van der Waals surface area contributed by atoms with Gasteiger partial charge in [-0.2, -0.15) is 0 Å². The van der Waals surface area contributed by atoms with Crippen LogP contribution in [0.3, 0.4) is 0 Å². The van der Waals surface area contributed by atoms with Crippen LogP contribution in [0.4, 0.5) is 0 Å². The molecule has 3 aliphatic carbocycles. The van der Waals surface area contributed by atoms with Crippen LogP contribution in [0, 0.1) is 28.6 Å². The molecule has 2 bridgehead atoms. The van der Waals surface area contributed by atoms with Crippen molar-refractivity contribution >= 4 is 11.9 Å². The van der Waals surface area contributed by atoms with Crippen molar-refractivity contribution in [3.63, 3.8) is 0 Å². The molecular weight excluding hydrogens is 254 g/mol. The number of carboxylic acid groups (broad SMARTS) is 1. The van der Waals surface area contributed by atoms with E-state index in [0.717, 1.165) is 12.8 Å². The smallest absolute Gasteiger partial charge is 0.307 e. The van der Waals surface area contributed by atoms with Gasteiger partial charge in [0, 0.05) is 6.04 Å². The van der Waals surface area contributed by atoms with Gasteiger partial charge in [0.2, 0.25) is 5.91 Å². The maximum atomic E-state index is 12.4. The predicted octanol–water partition coefficient (Wildman–Crippen LogP) is 2.43. The van der Waals surface area contributed by atoms with E-state index >= 15 is 0 Å². The Balaban J connectivity index is 1.68. The summed E-state index contributed by atoms with van der Waals surface area (Å²) in [5.74, 6) is -0.934. The third kappa shape index (κ3) is 1.66. The van der Waals surface area contributed by atoms with E-state index in [1.54, 1.807) is 0 Å². The molecule has 0 heterocycles. The maximum Gasteiger partial charge on any atom is 0.307 e. The molecule has 0 saturated heterocycles. The molecule has 0 aromatic carbocycles. The fourth-order valence-electron chi connectivity index (χ4n) is 4.81. The molecule has 4 heteroatoms. The molecule has 4 nitrogen and oxygen atoms in total. The summed E-state index contributed by atoms with van der Waals surface area (Å²) < 4.78 is 0. The van der Waals surface area contributed by atoms with Crippen molar-refractivity contribution in [2.75, 3.05) is 0 Å². The molecule has 3 saturated carbocycles. The highest BCUT2D eigenvalue weighted by Crippen LogP contribution is 2.65. The van der Waals surface area contributed by atoms with Crippen LogP contribution >= 0.6 is 0 Å². The first-order valence-electron chi connectivity index (χ1n) is 7.80. The summed E-state index contributed by atoms with van der Waals surface area (Å²) >= 11 is 0. The highest BCUT2D eigenvalue weighted by Gasteiger charge is 2.61. The van der Waals surface area contributed by atoms with Crippen LogP contribution in [-0.2, 0) is 9.59 Å². The van der Waals surface area contributed by atoms with Crippen LogP contribution in [0.1, 0.15) is 52.9 Å². The van der Waals surface area contributed by atoms with Crippen LogP contribution in [0.15, 0.2) is 0 Å². The summed E-state index contributed by atoms with van der Waals surface area (Å²) in [6.45, 7) is 6.93. The van der Waals surface area contributed by atoms with E-state index in [1.807, 2.05) is 0 Å². The Bertz CT molecular complexity index is 459. The highest BCUT2D eigenvalue weighted by atomic mass is 16.4. The summed E-state index contributed by atoms with van der Waals surface area (Å²) in [5.41, 5.74) is 0.437. The third-order valence-electron chi connectivity index (χ3n) is 7.04. The maximum absolute atomic E-state index is 12.4. The number of carbonyl (C=O) groups excluding carboxylic acids is 1. The van der Waals surface area contributed by atoms with E-state index < -0.39 is 11.9 Å². The normalized spacial score (nSPS) is 45.0. The first kappa shape index (κ1) is 13.9. The SMILES string of the molecule is CC1(C)C2CCC1(C)C(NC(=O)C1CCC1C(=O)O)C2. The number of fused-ring (bicyclic) bond motifs is 2. The van der Waals surface area contributed by atoms with Crippen molar-refractivity contribution in [2.45, 2.75) is 58.9 Å². The second kappa shape index (κ2) is 4.22.